The molecule has 0 unspecified atom stereocenters. The third-order valence-corrected chi connectivity index (χ3v) is 3.63. The molecule has 1 aliphatic rings. The fraction of sp³-hybridized carbons (Fsp3) is 0.583. The number of nitrogens with one attached hydrogen (secondary N) is 2. The van der Waals surface area contributed by atoms with E-state index in [0.29, 0.717) is 35.8 Å². The minimum atomic E-state index is -0.962. The van der Waals surface area contributed by atoms with Crippen molar-refractivity contribution in [2.45, 2.75) is 38.3 Å². The molecule has 0 saturated heterocycles. The molecule has 0 aromatic carbocycles. The molecule has 102 valence electrons. The lowest BCUT2D eigenvalue weighted by atomic mass is 10.2. The molecule has 0 atom stereocenters. The van der Waals surface area contributed by atoms with Gasteiger partial charge in [0.2, 0.25) is 5.95 Å². The smallest absolute Gasteiger partial charge is 0.280 e. The summed E-state index contributed by atoms with van der Waals surface area (Å²) in [5.41, 5.74) is -0.390. The fourth-order valence-electron chi connectivity index (χ4n) is 2.55. The molecule has 0 amide bonds. The van der Waals surface area contributed by atoms with Gasteiger partial charge in [-0.1, -0.05) is 0 Å². The molecule has 3 N–H and O–H groups in total. The first-order chi connectivity index (χ1) is 8.98. The summed E-state index contributed by atoms with van der Waals surface area (Å²) in [5, 5.41) is 13.3. The number of aliphatic hydroxyl groups is 1. The third kappa shape index (κ3) is 1.99. The van der Waals surface area contributed by atoms with Gasteiger partial charge in [-0.15, -0.1) is 0 Å². The van der Waals surface area contributed by atoms with Gasteiger partial charge in [-0.25, -0.2) is 4.98 Å². The van der Waals surface area contributed by atoms with Gasteiger partial charge < -0.3 is 15.4 Å². The quantitative estimate of drug-likeness (QED) is 0.691. The third-order valence-electron chi connectivity index (χ3n) is 3.63. The van der Waals surface area contributed by atoms with Crippen LogP contribution in [0.15, 0.2) is 4.79 Å². The van der Waals surface area contributed by atoms with Gasteiger partial charge >= 0.3 is 0 Å². The fourth-order valence-corrected chi connectivity index (χ4v) is 2.55. The number of anilines is 1. The average Bonchev–Trinajstić information content (AvgIpc) is 2.92. The van der Waals surface area contributed by atoms with Gasteiger partial charge in [-0.3, -0.25) is 9.36 Å². The van der Waals surface area contributed by atoms with Crippen molar-refractivity contribution in [1.82, 2.24) is 19.5 Å². The second-order valence-corrected chi connectivity index (χ2v) is 5.18. The Labute approximate surface area is 109 Å². The van der Waals surface area contributed by atoms with Crippen LogP contribution in [0.4, 0.5) is 5.95 Å². The molecule has 0 radical (unpaired) electrons. The molecule has 7 nitrogen and oxygen atoms in total. The maximum Gasteiger partial charge on any atom is 0.280 e. The summed E-state index contributed by atoms with van der Waals surface area (Å²) in [6.07, 6.45) is 3.28. The zero-order valence-electron chi connectivity index (χ0n) is 11.0. The molecule has 0 bridgehead atoms. The molecule has 1 fully saturated rings. The topological polar surface area (TPSA) is 95.8 Å². The Morgan fingerprint density at radius 3 is 2.74 bits per heavy atom. The summed E-state index contributed by atoms with van der Waals surface area (Å²) in [6.45, 7) is 1.78. The molecule has 3 rings (SSSR count). The van der Waals surface area contributed by atoms with E-state index in [1.54, 1.807) is 14.0 Å². The number of nitrogens with zero attached hydrogens (tertiary/aromatic N) is 3. The molecule has 19 heavy (non-hydrogen) atoms. The standard InChI is InChI=1S/C12H17N5O2/c1-7-13-8-9(14-7)15-11(17(2)10(8)18)16-12(19)5-3-4-6-12/h19H,3-6H2,1-2H3,(H,13,14)(H,15,16). The lowest BCUT2D eigenvalue weighted by Crippen LogP contribution is -2.37. The Bertz CT molecular complexity index is 681. The number of aromatic amines is 1. The zero-order chi connectivity index (χ0) is 13.6. The van der Waals surface area contributed by atoms with Crippen molar-refractivity contribution in [3.63, 3.8) is 0 Å². The van der Waals surface area contributed by atoms with Crippen molar-refractivity contribution >= 4 is 17.1 Å². The number of fused-ring (bicyclic) bond motifs is 1. The second kappa shape index (κ2) is 4.06. The first-order valence-electron chi connectivity index (χ1n) is 6.42. The van der Waals surface area contributed by atoms with Crippen molar-refractivity contribution in [3.05, 3.63) is 16.2 Å². The molecule has 7 heteroatoms. The van der Waals surface area contributed by atoms with Crippen LogP contribution >= 0.6 is 0 Å². The number of hydrogen-bond donors (Lipinski definition) is 3. The average molecular weight is 263 g/mol. The van der Waals surface area contributed by atoms with Gasteiger partial charge in [-0.05, 0) is 32.6 Å². The molecule has 0 aliphatic heterocycles. The Kier molecular flexibility index (Phi) is 2.60. The molecule has 2 aromatic heterocycles. The van der Waals surface area contributed by atoms with E-state index in [4.69, 9.17) is 0 Å². The molecule has 1 aliphatic carbocycles. The second-order valence-electron chi connectivity index (χ2n) is 5.18. The van der Waals surface area contributed by atoms with Gasteiger partial charge in [0.1, 0.15) is 11.5 Å². The highest BCUT2D eigenvalue weighted by Gasteiger charge is 2.32. The minimum Gasteiger partial charge on any atom is -0.371 e. The van der Waals surface area contributed by atoms with E-state index < -0.39 is 5.72 Å². The predicted molar refractivity (Wildman–Crippen MR) is 70.9 cm³/mol. The van der Waals surface area contributed by atoms with Crippen molar-refractivity contribution in [3.8, 4) is 0 Å². The van der Waals surface area contributed by atoms with E-state index in [2.05, 4.69) is 20.3 Å². The van der Waals surface area contributed by atoms with Crippen LogP contribution < -0.4 is 10.9 Å². The summed E-state index contributed by atoms with van der Waals surface area (Å²) in [6, 6.07) is 0. The van der Waals surface area contributed by atoms with Crippen LogP contribution in [0.2, 0.25) is 0 Å². The van der Waals surface area contributed by atoms with E-state index in [9.17, 15) is 9.90 Å². The summed E-state index contributed by atoms with van der Waals surface area (Å²) in [7, 11) is 1.63. The van der Waals surface area contributed by atoms with Gasteiger partial charge in [0.25, 0.3) is 5.56 Å². The van der Waals surface area contributed by atoms with Crippen molar-refractivity contribution in [2.75, 3.05) is 5.32 Å². The number of rotatable bonds is 2. The Morgan fingerprint density at radius 2 is 2.05 bits per heavy atom. The number of aromatic nitrogens is 4. The first kappa shape index (κ1) is 12.2. The predicted octanol–water partition coefficient (Wildman–Crippen LogP) is 0.640. The first-order valence-corrected chi connectivity index (χ1v) is 6.42. The van der Waals surface area contributed by atoms with E-state index in [1.807, 2.05) is 0 Å². The van der Waals surface area contributed by atoms with Crippen LogP contribution in [0.5, 0.6) is 0 Å². The van der Waals surface area contributed by atoms with Gasteiger partial charge in [-0.2, -0.15) is 4.98 Å². The maximum atomic E-state index is 12.2. The van der Waals surface area contributed by atoms with Gasteiger partial charge in [0.05, 0.1) is 0 Å². The molecular formula is C12H17N5O2. The largest absolute Gasteiger partial charge is 0.371 e. The summed E-state index contributed by atoms with van der Waals surface area (Å²) in [4.78, 5) is 23.6. The summed E-state index contributed by atoms with van der Waals surface area (Å²) in [5.74, 6) is 1.00. The number of H-pyrrole nitrogens is 1. The van der Waals surface area contributed by atoms with Gasteiger partial charge in [0, 0.05) is 7.05 Å². The highest BCUT2D eigenvalue weighted by molar-refractivity contribution is 5.70. The zero-order valence-corrected chi connectivity index (χ0v) is 11.0. The minimum absolute atomic E-state index is 0.199. The van der Waals surface area contributed by atoms with Crippen molar-refractivity contribution < 1.29 is 5.11 Å². The maximum absolute atomic E-state index is 12.2. The Balaban J connectivity index is 2.08. The highest BCUT2D eigenvalue weighted by atomic mass is 16.3. The van der Waals surface area contributed by atoms with Crippen LogP contribution in [0.3, 0.4) is 0 Å². The van der Waals surface area contributed by atoms with Crippen LogP contribution in [0, 0.1) is 6.92 Å². The SMILES string of the molecule is Cc1nc2nc(NC3(O)CCCC3)n(C)c(=O)c2[nH]1. The summed E-state index contributed by atoms with van der Waals surface area (Å²) >= 11 is 0. The number of aryl methyl sites for hydroxylation is 1. The van der Waals surface area contributed by atoms with Crippen molar-refractivity contribution in [1.29, 1.82) is 0 Å². The monoisotopic (exact) mass is 263 g/mol. The van der Waals surface area contributed by atoms with Crippen LogP contribution in [-0.4, -0.2) is 30.4 Å². The van der Waals surface area contributed by atoms with E-state index in [0.717, 1.165) is 12.8 Å². The Morgan fingerprint density at radius 1 is 1.37 bits per heavy atom. The van der Waals surface area contributed by atoms with Crippen LogP contribution in [0.25, 0.3) is 11.2 Å². The summed E-state index contributed by atoms with van der Waals surface area (Å²) < 4.78 is 1.40. The van der Waals surface area contributed by atoms with E-state index in [-0.39, 0.29) is 5.56 Å². The highest BCUT2D eigenvalue weighted by Crippen LogP contribution is 2.29. The van der Waals surface area contributed by atoms with Gasteiger partial charge in [0.15, 0.2) is 11.2 Å². The lowest BCUT2D eigenvalue weighted by molar-refractivity contribution is 0.0766. The number of imidazole rings is 1. The van der Waals surface area contributed by atoms with E-state index >= 15 is 0 Å². The number of hydrogen-bond acceptors (Lipinski definition) is 5. The molecule has 1 saturated carbocycles. The van der Waals surface area contributed by atoms with Crippen molar-refractivity contribution in [2.24, 2.45) is 7.05 Å². The lowest BCUT2D eigenvalue weighted by Gasteiger charge is -2.25. The van der Waals surface area contributed by atoms with Crippen LogP contribution in [-0.2, 0) is 7.05 Å². The molecule has 0 spiro atoms. The molecule has 2 aromatic rings. The molecular weight excluding hydrogens is 246 g/mol. The normalized spacial score (nSPS) is 18.1. The van der Waals surface area contributed by atoms with E-state index in [1.165, 1.54) is 4.57 Å². The molecule has 2 heterocycles. The Hall–Kier alpha value is -1.89. The van der Waals surface area contributed by atoms with Crippen LogP contribution in [0.1, 0.15) is 31.5 Å².